The molecule has 1 rings (SSSR count). The third-order valence-electron chi connectivity index (χ3n) is 2.97. The topological polar surface area (TPSA) is 55.4 Å². The van der Waals surface area contributed by atoms with Gasteiger partial charge in [0.05, 0.1) is 7.11 Å². The van der Waals surface area contributed by atoms with Gasteiger partial charge in [0.15, 0.2) is 0 Å². The molecule has 0 saturated heterocycles. The van der Waals surface area contributed by atoms with Gasteiger partial charge in [-0.1, -0.05) is 41.9 Å². The Morgan fingerprint density at radius 2 is 2.05 bits per heavy atom. The van der Waals surface area contributed by atoms with E-state index in [1.165, 1.54) is 7.11 Å². The average Bonchev–Trinajstić information content (AvgIpc) is 2.41. The molecule has 0 aliphatic rings. The van der Waals surface area contributed by atoms with Crippen molar-refractivity contribution in [3.63, 3.8) is 0 Å². The molecule has 0 aromatic heterocycles. The van der Waals surface area contributed by atoms with Gasteiger partial charge in [0, 0.05) is 10.9 Å². The minimum atomic E-state index is -0.588. The van der Waals surface area contributed by atoms with Crippen molar-refractivity contribution in [3.8, 4) is 0 Å². The molecule has 1 N–H and O–H groups in total. The third kappa shape index (κ3) is 5.33. The van der Waals surface area contributed by atoms with Crippen LogP contribution in [-0.2, 0) is 20.7 Å². The molecule has 1 atom stereocenters. The molecule has 4 nitrogen and oxygen atoms in total. The standard InChI is InChI=1S/C15H20BrNO3/c1-10(2)14(15(19)20-3)17-13(18)8-7-11-5-4-6-12(16)9-11/h4-6,9-10,14H,7-8H2,1-3H3,(H,17,18). The van der Waals surface area contributed by atoms with Gasteiger partial charge in [0.25, 0.3) is 0 Å². The summed E-state index contributed by atoms with van der Waals surface area (Å²) in [4.78, 5) is 23.5. The summed E-state index contributed by atoms with van der Waals surface area (Å²) in [6.45, 7) is 3.74. The van der Waals surface area contributed by atoms with Crippen LogP contribution in [0.1, 0.15) is 25.8 Å². The van der Waals surface area contributed by atoms with E-state index in [9.17, 15) is 9.59 Å². The lowest BCUT2D eigenvalue weighted by molar-refractivity contribution is -0.146. The maximum atomic E-state index is 11.9. The fourth-order valence-corrected chi connectivity index (χ4v) is 2.27. The second-order valence-electron chi connectivity index (χ2n) is 4.94. The monoisotopic (exact) mass is 341 g/mol. The van der Waals surface area contributed by atoms with E-state index in [1.54, 1.807) is 0 Å². The Labute approximate surface area is 128 Å². The number of halogens is 1. The van der Waals surface area contributed by atoms with Crippen LogP contribution in [0, 0.1) is 5.92 Å². The van der Waals surface area contributed by atoms with E-state index in [2.05, 4.69) is 21.2 Å². The number of carbonyl (C=O) groups is 2. The number of amides is 1. The molecule has 0 saturated carbocycles. The normalized spacial score (nSPS) is 12.1. The highest BCUT2D eigenvalue weighted by Gasteiger charge is 2.24. The van der Waals surface area contributed by atoms with Gasteiger partial charge in [0.2, 0.25) is 5.91 Å². The minimum Gasteiger partial charge on any atom is -0.467 e. The number of carbonyl (C=O) groups excluding carboxylic acids is 2. The van der Waals surface area contributed by atoms with Crippen molar-refractivity contribution in [2.75, 3.05) is 7.11 Å². The number of aryl methyl sites for hydroxylation is 1. The number of benzene rings is 1. The summed E-state index contributed by atoms with van der Waals surface area (Å²) in [5.41, 5.74) is 1.08. The molecular weight excluding hydrogens is 322 g/mol. The summed E-state index contributed by atoms with van der Waals surface area (Å²) in [7, 11) is 1.32. The zero-order chi connectivity index (χ0) is 15.1. The SMILES string of the molecule is COC(=O)C(NC(=O)CCc1cccc(Br)c1)C(C)C. The molecule has 0 bridgehead atoms. The maximum Gasteiger partial charge on any atom is 0.328 e. The first kappa shape index (κ1) is 16.7. The number of hydrogen-bond donors (Lipinski definition) is 1. The number of hydrogen-bond acceptors (Lipinski definition) is 3. The highest BCUT2D eigenvalue weighted by Crippen LogP contribution is 2.13. The summed E-state index contributed by atoms with van der Waals surface area (Å²) in [5, 5.41) is 2.73. The van der Waals surface area contributed by atoms with Gasteiger partial charge in [0.1, 0.15) is 6.04 Å². The van der Waals surface area contributed by atoms with Crippen LogP contribution in [0.15, 0.2) is 28.7 Å². The zero-order valence-corrected chi connectivity index (χ0v) is 13.6. The zero-order valence-electron chi connectivity index (χ0n) is 12.0. The van der Waals surface area contributed by atoms with E-state index < -0.39 is 12.0 Å². The number of methoxy groups -OCH3 is 1. The van der Waals surface area contributed by atoms with Crippen LogP contribution in [0.5, 0.6) is 0 Å². The van der Waals surface area contributed by atoms with Crippen molar-refractivity contribution < 1.29 is 14.3 Å². The molecule has 1 amide bonds. The van der Waals surface area contributed by atoms with Crippen molar-refractivity contribution in [1.29, 1.82) is 0 Å². The Balaban J connectivity index is 2.52. The predicted octanol–water partition coefficient (Wildman–Crippen LogP) is 2.70. The highest BCUT2D eigenvalue weighted by atomic mass is 79.9. The largest absolute Gasteiger partial charge is 0.467 e. The molecule has 1 unspecified atom stereocenters. The minimum absolute atomic E-state index is 0.00253. The maximum absolute atomic E-state index is 11.9. The van der Waals surface area contributed by atoms with Crippen LogP contribution in [0.4, 0.5) is 0 Å². The van der Waals surface area contributed by atoms with Crippen LogP contribution >= 0.6 is 15.9 Å². The van der Waals surface area contributed by atoms with Crippen LogP contribution < -0.4 is 5.32 Å². The first-order valence-electron chi connectivity index (χ1n) is 6.55. The Morgan fingerprint density at radius 1 is 1.35 bits per heavy atom. The van der Waals surface area contributed by atoms with Gasteiger partial charge in [-0.25, -0.2) is 4.79 Å². The van der Waals surface area contributed by atoms with E-state index in [0.29, 0.717) is 12.8 Å². The van der Waals surface area contributed by atoms with Gasteiger partial charge < -0.3 is 10.1 Å². The van der Waals surface area contributed by atoms with E-state index in [0.717, 1.165) is 10.0 Å². The first-order chi connectivity index (χ1) is 9.43. The molecule has 0 fully saturated rings. The Hall–Kier alpha value is -1.36. The van der Waals surface area contributed by atoms with Crippen LogP contribution in [0.25, 0.3) is 0 Å². The molecule has 20 heavy (non-hydrogen) atoms. The third-order valence-corrected chi connectivity index (χ3v) is 3.46. The number of nitrogens with one attached hydrogen (secondary N) is 1. The van der Waals surface area contributed by atoms with Crippen molar-refractivity contribution in [2.24, 2.45) is 5.92 Å². The lowest BCUT2D eigenvalue weighted by atomic mass is 10.0. The van der Waals surface area contributed by atoms with Gasteiger partial charge in [-0.3, -0.25) is 4.79 Å². The number of esters is 1. The second-order valence-corrected chi connectivity index (χ2v) is 5.86. The van der Waals surface area contributed by atoms with Gasteiger partial charge >= 0.3 is 5.97 Å². The quantitative estimate of drug-likeness (QED) is 0.809. The molecule has 0 aliphatic heterocycles. The fourth-order valence-electron chi connectivity index (χ4n) is 1.82. The Kier molecular flexibility index (Phi) is 6.71. The molecular formula is C15H20BrNO3. The Morgan fingerprint density at radius 3 is 2.60 bits per heavy atom. The lowest BCUT2D eigenvalue weighted by Crippen LogP contribution is -2.45. The summed E-state index contributed by atoms with van der Waals surface area (Å²) in [6, 6.07) is 7.24. The van der Waals surface area contributed by atoms with Crippen molar-refractivity contribution in [1.82, 2.24) is 5.32 Å². The van der Waals surface area contributed by atoms with Crippen molar-refractivity contribution in [3.05, 3.63) is 34.3 Å². The molecule has 0 aliphatic carbocycles. The lowest BCUT2D eigenvalue weighted by Gasteiger charge is -2.19. The summed E-state index contributed by atoms with van der Waals surface area (Å²) < 4.78 is 5.68. The van der Waals surface area contributed by atoms with Crippen LogP contribution in [-0.4, -0.2) is 25.0 Å². The van der Waals surface area contributed by atoms with Gasteiger partial charge in [-0.2, -0.15) is 0 Å². The molecule has 5 heteroatoms. The van der Waals surface area contributed by atoms with E-state index in [-0.39, 0.29) is 11.8 Å². The number of ether oxygens (including phenoxy) is 1. The van der Waals surface area contributed by atoms with E-state index in [4.69, 9.17) is 4.74 Å². The fraction of sp³-hybridized carbons (Fsp3) is 0.467. The molecule has 0 heterocycles. The second kappa shape index (κ2) is 8.04. The average molecular weight is 342 g/mol. The summed E-state index contributed by atoms with van der Waals surface area (Å²) in [6.07, 6.45) is 0.980. The molecule has 0 spiro atoms. The van der Waals surface area contributed by atoms with Gasteiger partial charge in [-0.15, -0.1) is 0 Å². The number of rotatable bonds is 6. The van der Waals surface area contributed by atoms with E-state index >= 15 is 0 Å². The molecule has 1 aromatic rings. The van der Waals surface area contributed by atoms with E-state index in [1.807, 2.05) is 38.1 Å². The molecule has 0 radical (unpaired) electrons. The smallest absolute Gasteiger partial charge is 0.328 e. The summed E-state index contributed by atoms with van der Waals surface area (Å²) in [5.74, 6) is -0.554. The first-order valence-corrected chi connectivity index (χ1v) is 7.35. The van der Waals surface area contributed by atoms with Crippen LogP contribution in [0.3, 0.4) is 0 Å². The van der Waals surface area contributed by atoms with Crippen LogP contribution in [0.2, 0.25) is 0 Å². The molecule has 110 valence electrons. The molecule has 1 aromatic carbocycles. The van der Waals surface area contributed by atoms with Crippen molar-refractivity contribution >= 4 is 27.8 Å². The summed E-state index contributed by atoms with van der Waals surface area (Å²) >= 11 is 3.40. The Bertz CT molecular complexity index is 474. The predicted molar refractivity (Wildman–Crippen MR) is 81.2 cm³/mol. The highest BCUT2D eigenvalue weighted by molar-refractivity contribution is 9.10. The van der Waals surface area contributed by atoms with Crippen molar-refractivity contribution in [2.45, 2.75) is 32.7 Å². The van der Waals surface area contributed by atoms with Gasteiger partial charge in [-0.05, 0) is 30.0 Å².